The average molecular weight is 317 g/mol. The van der Waals surface area contributed by atoms with Crippen LogP contribution in [0.1, 0.15) is 26.3 Å². The lowest BCUT2D eigenvalue weighted by molar-refractivity contribution is 0.282. The highest BCUT2D eigenvalue weighted by molar-refractivity contribution is 7.89. The van der Waals surface area contributed by atoms with E-state index in [9.17, 15) is 12.8 Å². The molecule has 0 aliphatic rings. The second kappa shape index (κ2) is 7.20. The summed E-state index contributed by atoms with van der Waals surface area (Å²) in [7, 11) is -3.79. The molecule has 5 nitrogen and oxygen atoms in total. The Bertz CT molecular complexity index is 586. The number of hydrogen-bond acceptors (Lipinski definition) is 4. The predicted molar refractivity (Wildman–Crippen MR) is 83.1 cm³/mol. The zero-order valence-corrected chi connectivity index (χ0v) is 13.8. The first-order chi connectivity index (χ1) is 9.71. The number of sulfonamides is 1. The molecule has 0 aliphatic carbocycles. The lowest BCUT2D eigenvalue weighted by Gasteiger charge is -2.23. The van der Waals surface area contributed by atoms with Gasteiger partial charge in [-0.05, 0) is 39.1 Å². The number of nitrogen functional groups attached to an aromatic ring is 1. The Morgan fingerprint density at radius 3 is 2.43 bits per heavy atom. The average Bonchev–Trinajstić information content (AvgIpc) is 2.39. The Balaban J connectivity index is 2.97. The summed E-state index contributed by atoms with van der Waals surface area (Å²) in [5, 5.41) is 0. The van der Waals surface area contributed by atoms with E-state index in [-0.39, 0.29) is 22.2 Å². The van der Waals surface area contributed by atoms with Crippen molar-refractivity contribution >= 4 is 15.7 Å². The van der Waals surface area contributed by atoms with Crippen LogP contribution in [-0.2, 0) is 10.0 Å². The van der Waals surface area contributed by atoms with Gasteiger partial charge in [0.25, 0.3) is 0 Å². The fourth-order valence-corrected chi connectivity index (χ4v) is 3.71. The summed E-state index contributed by atoms with van der Waals surface area (Å²) >= 11 is 0. The third-order valence-corrected chi connectivity index (χ3v) is 5.11. The maximum Gasteiger partial charge on any atom is 0.241 e. The van der Waals surface area contributed by atoms with Crippen molar-refractivity contribution in [3.05, 3.63) is 23.5 Å². The van der Waals surface area contributed by atoms with E-state index >= 15 is 0 Å². The molecule has 7 heteroatoms. The van der Waals surface area contributed by atoms with Gasteiger partial charge in [-0.1, -0.05) is 13.8 Å². The summed E-state index contributed by atoms with van der Waals surface area (Å²) in [6.45, 7) is 9.52. The molecule has 0 spiro atoms. The van der Waals surface area contributed by atoms with E-state index < -0.39 is 15.8 Å². The van der Waals surface area contributed by atoms with E-state index in [0.29, 0.717) is 6.54 Å². The Hall–Kier alpha value is -1.18. The molecule has 0 amide bonds. The Kier molecular flexibility index (Phi) is 6.12. The summed E-state index contributed by atoms with van der Waals surface area (Å²) in [4.78, 5) is 2.01. The van der Waals surface area contributed by atoms with Gasteiger partial charge in [0, 0.05) is 23.8 Å². The zero-order chi connectivity index (χ0) is 16.2. The first-order valence-electron chi connectivity index (χ1n) is 7.01. The van der Waals surface area contributed by atoms with Crippen LogP contribution in [0.2, 0.25) is 0 Å². The molecule has 1 aromatic carbocycles. The second-order valence-corrected chi connectivity index (χ2v) is 6.82. The van der Waals surface area contributed by atoms with Crippen molar-refractivity contribution < 1.29 is 12.8 Å². The number of nitrogens with two attached hydrogens (primary N) is 1. The molecule has 0 saturated carbocycles. The van der Waals surface area contributed by atoms with Gasteiger partial charge in [-0.2, -0.15) is 0 Å². The van der Waals surface area contributed by atoms with Crippen LogP contribution in [0, 0.1) is 12.7 Å². The fraction of sp³-hybridized carbons (Fsp3) is 0.571. The summed E-state index contributed by atoms with van der Waals surface area (Å²) < 4.78 is 41.0. The molecule has 0 aliphatic heterocycles. The van der Waals surface area contributed by atoms with Crippen LogP contribution < -0.4 is 10.5 Å². The van der Waals surface area contributed by atoms with Gasteiger partial charge in [-0.3, -0.25) is 0 Å². The molecule has 120 valence electrons. The minimum absolute atomic E-state index is 0.0757. The standard InChI is InChI=1S/C14H24FN3O2S/c1-5-18(6-2)9-10(3)17-21(19,20)14-8-12(16)7-13(15)11(14)4/h7-8,10,17H,5-6,9,16H2,1-4H3. The van der Waals surface area contributed by atoms with Gasteiger partial charge < -0.3 is 10.6 Å². The molecule has 0 heterocycles. The molecule has 0 saturated heterocycles. The minimum Gasteiger partial charge on any atom is -0.399 e. The summed E-state index contributed by atoms with van der Waals surface area (Å²) in [6, 6.07) is 2.12. The summed E-state index contributed by atoms with van der Waals surface area (Å²) in [6.07, 6.45) is 0. The molecule has 0 radical (unpaired) electrons. The van der Waals surface area contributed by atoms with Gasteiger partial charge in [-0.15, -0.1) is 0 Å². The molecule has 1 aromatic rings. The Morgan fingerprint density at radius 1 is 1.33 bits per heavy atom. The van der Waals surface area contributed by atoms with Gasteiger partial charge in [0.05, 0.1) is 4.90 Å². The van der Waals surface area contributed by atoms with E-state index in [1.807, 2.05) is 13.8 Å². The summed E-state index contributed by atoms with van der Waals surface area (Å²) in [5.74, 6) is -0.619. The fourth-order valence-electron chi connectivity index (χ4n) is 2.19. The smallest absolute Gasteiger partial charge is 0.241 e. The highest BCUT2D eigenvalue weighted by Crippen LogP contribution is 2.21. The van der Waals surface area contributed by atoms with Crippen molar-refractivity contribution in [2.24, 2.45) is 0 Å². The predicted octanol–water partition coefficient (Wildman–Crippen LogP) is 1.72. The van der Waals surface area contributed by atoms with Gasteiger partial charge in [0.15, 0.2) is 0 Å². The highest BCUT2D eigenvalue weighted by atomic mass is 32.2. The highest BCUT2D eigenvalue weighted by Gasteiger charge is 2.22. The third-order valence-electron chi connectivity index (χ3n) is 3.39. The van der Waals surface area contributed by atoms with Crippen LogP contribution in [0.5, 0.6) is 0 Å². The zero-order valence-electron chi connectivity index (χ0n) is 13.0. The van der Waals surface area contributed by atoms with E-state index in [2.05, 4.69) is 9.62 Å². The second-order valence-electron chi connectivity index (χ2n) is 5.13. The van der Waals surface area contributed by atoms with E-state index in [1.165, 1.54) is 13.0 Å². The number of nitrogens with one attached hydrogen (secondary N) is 1. The number of halogens is 1. The van der Waals surface area contributed by atoms with Gasteiger partial charge >= 0.3 is 0 Å². The van der Waals surface area contributed by atoms with Crippen molar-refractivity contribution in [3.8, 4) is 0 Å². The Labute approximate surface area is 126 Å². The first-order valence-corrected chi connectivity index (χ1v) is 8.49. The monoisotopic (exact) mass is 317 g/mol. The lowest BCUT2D eigenvalue weighted by atomic mass is 10.2. The van der Waals surface area contributed by atoms with E-state index in [4.69, 9.17) is 5.73 Å². The number of benzene rings is 1. The maximum atomic E-state index is 13.6. The van der Waals surface area contributed by atoms with Crippen molar-refractivity contribution in [1.82, 2.24) is 9.62 Å². The molecule has 0 aromatic heterocycles. The SMILES string of the molecule is CCN(CC)CC(C)NS(=O)(=O)c1cc(N)cc(F)c1C. The van der Waals surface area contributed by atoms with Crippen LogP contribution >= 0.6 is 0 Å². The van der Waals surface area contributed by atoms with Crippen LogP contribution in [0.3, 0.4) is 0 Å². The van der Waals surface area contributed by atoms with Crippen molar-refractivity contribution in [2.75, 3.05) is 25.4 Å². The number of hydrogen-bond donors (Lipinski definition) is 2. The largest absolute Gasteiger partial charge is 0.399 e. The van der Waals surface area contributed by atoms with E-state index in [0.717, 1.165) is 19.2 Å². The van der Waals surface area contributed by atoms with Crippen LogP contribution in [0.25, 0.3) is 0 Å². The number of likely N-dealkylation sites (N-methyl/N-ethyl adjacent to an activating group) is 1. The van der Waals surface area contributed by atoms with Crippen LogP contribution in [0.15, 0.2) is 17.0 Å². The Morgan fingerprint density at radius 2 is 1.90 bits per heavy atom. The first kappa shape index (κ1) is 17.9. The van der Waals surface area contributed by atoms with Crippen LogP contribution in [-0.4, -0.2) is 39.0 Å². The third kappa shape index (κ3) is 4.66. The van der Waals surface area contributed by atoms with Crippen molar-refractivity contribution in [2.45, 2.75) is 38.6 Å². The van der Waals surface area contributed by atoms with Crippen molar-refractivity contribution in [3.63, 3.8) is 0 Å². The van der Waals surface area contributed by atoms with Gasteiger partial charge in [-0.25, -0.2) is 17.5 Å². The van der Waals surface area contributed by atoms with Crippen molar-refractivity contribution in [1.29, 1.82) is 0 Å². The quantitative estimate of drug-likeness (QED) is 0.751. The van der Waals surface area contributed by atoms with Gasteiger partial charge in [0.1, 0.15) is 5.82 Å². The molecule has 3 N–H and O–H groups in total. The molecule has 1 rings (SSSR count). The number of nitrogens with zero attached hydrogens (tertiary/aromatic N) is 1. The normalized spacial score (nSPS) is 13.6. The minimum atomic E-state index is -3.79. The van der Waals surface area contributed by atoms with Crippen LogP contribution in [0.4, 0.5) is 10.1 Å². The maximum absolute atomic E-state index is 13.6. The molecule has 21 heavy (non-hydrogen) atoms. The molecular weight excluding hydrogens is 293 g/mol. The molecular formula is C14H24FN3O2S. The lowest BCUT2D eigenvalue weighted by Crippen LogP contribution is -2.42. The number of anilines is 1. The summed E-state index contributed by atoms with van der Waals surface area (Å²) in [5.41, 5.74) is 5.71. The topological polar surface area (TPSA) is 75.4 Å². The molecule has 0 bridgehead atoms. The molecule has 1 atom stereocenters. The number of rotatable bonds is 7. The van der Waals surface area contributed by atoms with E-state index in [1.54, 1.807) is 6.92 Å². The molecule has 1 unspecified atom stereocenters. The van der Waals surface area contributed by atoms with Gasteiger partial charge in [0.2, 0.25) is 10.0 Å². The molecule has 0 fully saturated rings.